The maximum atomic E-state index is 13.1. The van der Waals surface area contributed by atoms with Crippen molar-refractivity contribution in [2.75, 3.05) is 11.9 Å². The minimum absolute atomic E-state index is 0.0276. The van der Waals surface area contributed by atoms with Gasteiger partial charge in [0.25, 0.3) is 5.91 Å². The number of hydrogen-bond acceptors (Lipinski definition) is 8. The first-order valence-electron chi connectivity index (χ1n) is 10.0. The number of carbonyl (C=O) groups excluding carboxylic acids is 1. The molecule has 4 rings (SSSR count). The molecule has 1 amide bonds. The van der Waals surface area contributed by atoms with Crippen LogP contribution in [0.2, 0.25) is 0 Å². The summed E-state index contributed by atoms with van der Waals surface area (Å²) in [4.78, 5) is 27.5. The summed E-state index contributed by atoms with van der Waals surface area (Å²) in [5.41, 5.74) is 0.368. The fraction of sp³-hybridized carbons (Fsp3) is 0.273. The number of hydrogen-bond donors (Lipinski definition) is 7. The number of amides is 1. The Morgan fingerprint density at radius 2 is 1.70 bits per heavy atom. The van der Waals surface area contributed by atoms with Gasteiger partial charge in [0.2, 0.25) is 6.29 Å². The van der Waals surface area contributed by atoms with Crippen molar-refractivity contribution in [3.05, 3.63) is 59.8 Å². The van der Waals surface area contributed by atoms with Crippen molar-refractivity contribution in [3.8, 4) is 5.75 Å². The maximum absolute atomic E-state index is 13.1. The summed E-state index contributed by atoms with van der Waals surface area (Å²) < 4.78 is 11.2. The van der Waals surface area contributed by atoms with Gasteiger partial charge in [-0.3, -0.25) is 4.79 Å². The number of carboxylic acids is 1. The highest BCUT2D eigenvalue weighted by Crippen LogP contribution is 2.34. The lowest BCUT2D eigenvalue weighted by Crippen LogP contribution is -2.60. The predicted molar refractivity (Wildman–Crippen MR) is 114 cm³/mol. The highest BCUT2D eigenvalue weighted by atomic mass is 16.7. The molecule has 3 aromatic rings. The first-order chi connectivity index (χ1) is 15.8. The molecule has 33 heavy (non-hydrogen) atoms. The van der Waals surface area contributed by atoms with E-state index in [0.29, 0.717) is 10.9 Å². The van der Waals surface area contributed by atoms with Crippen LogP contribution < -0.4 is 10.1 Å². The molecule has 0 spiro atoms. The number of H-pyrrole nitrogens is 1. The Labute approximate surface area is 186 Å². The zero-order valence-electron chi connectivity index (χ0n) is 17.1. The molecule has 0 saturated carbocycles. The summed E-state index contributed by atoms with van der Waals surface area (Å²) in [6.45, 7) is -0.641. The number of benzene rings is 2. The van der Waals surface area contributed by atoms with E-state index in [1.54, 1.807) is 30.3 Å². The molecule has 1 fully saturated rings. The third-order valence-corrected chi connectivity index (χ3v) is 5.37. The summed E-state index contributed by atoms with van der Waals surface area (Å²) in [6, 6.07) is 12.6. The SMILES string of the molecule is O=C(O)c1ccccc1NC(=O)c1[nH]c2ccccc2c1O[C@@H]1O[C@H](CO)[C@@H](O)[C@H](O)[C@H]1O. The van der Waals surface area contributed by atoms with Crippen molar-refractivity contribution in [2.45, 2.75) is 30.7 Å². The van der Waals surface area contributed by atoms with Crippen LogP contribution in [0.15, 0.2) is 48.5 Å². The van der Waals surface area contributed by atoms with Crippen molar-refractivity contribution < 1.29 is 44.6 Å². The number of ether oxygens (including phenoxy) is 2. The van der Waals surface area contributed by atoms with Crippen LogP contribution in [0.25, 0.3) is 10.9 Å². The second kappa shape index (κ2) is 9.17. The number of aromatic nitrogens is 1. The van der Waals surface area contributed by atoms with E-state index in [-0.39, 0.29) is 22.7 Å². The normalized spacial score (nSPS) is 25.0. The molecule has 0 aliphatic carbocycles. The van der Waals surface area contributed by atoms with E-state index < -0.39 is 49.2 Å². The molecule has 1 aromatic heterocycles. The largest absolute Gasteiger partial charge is 0.478 e. The molecule has 1 aliphatic heterocycles. The van der Waals surface area contributed by atoms with Gasteiger partial charge in [-0.05, 0) is 24.3 Å². The molecule has 2 aromatic carbocycles. The van der Waals surface area contributed by atoms with Crippen molar-refractivity contribution in [2.24, 2.45) is 0 Å². The van der Waals surface area contributed by atoms with Crippen molar-refractivity contribution in [1.29, 1.82) is 0 Å². The van der Waals surface area contributed by atoms with Crippen LogP contribution in [-0.2, 0) is 4.74 Å². The van der Waals surface area contributed by atoms with Crippen LogP contribution in [0, 0.1) is 0 Å². The van der Waals surface area contributed by atoms with Crippen molar-refractivity contribution in [1.82, 2.24) is 4.98 Å². The highest BCUT2D eigenvalue weighted by Gasteiger charge is 2.45. The summed E-state index contributed by atoms with van der Waals surface area (Å²) in [7, 11) is 0. The molecule has 11 heteroatoms. The van der Waals surface area contributed by atoms with E-state index in [9.17, 15) is 35.1 Å². The van der Waals surface area contributed by atoms with Crippen LogP contribution >= 0.6 is 0 Å². The Hall–Kier alpha value is -3.48. The average molecular weight is 458 g/mol. The summed E-state index contributed by atoms with van der Waals surface area (Å²) >= 11 is 0. The Morgan fingerprint density at radius 3 is 2.42 bits per heavy atom. The topological polar surface area (TPSA) is 182 Å². The monoisotopic (exact) mass is 458 g/mol. The Kier molecular flexibility index (Phi) is 6.31. The molecule has 5 atom stereocenters. The van der Waals surface area contributed by atoms with Crippen LogP contribution in [0.3, 0.4) is 0 Å². The van der Waals surface area contributed by atoms with E-state index in [0.717, 1.165) is 0 Å². The van der Waals surface area contributed by atoms with E-state index in [2.05, 4.69) is 10.3 Å². The van der Waals surface area contributed by atoms with Gasteiger partial charge in [-0.1, -0.05) is 24.3 Å². The quantitative estimate of drug-likeness (QED) is 0.273. The Balaban J connectivity index is 1.69. The minimum Gasteiger partial charge on any atom is -0.478 e. The Morgan fingerprint density at radius 1 is 1.00 bits per heavy atom. The molecule has 1 saturated heterocycles. The van der Waals surface area contributed by atoms with Gasteiger partial charge in [0.15, 0.2) is 5.75 Å². The maximum Gasteiger partial charge on any atom is 0.337 e. The van der Waals surface area contributed by atoms with Gasteiger partial charge in [0, 0.05) is 10.9 Å². The first-order valence-corrected chi connectivity index (χ1v) is 10.0. The van der Waals surface area contributed by atoms with E-state index in [4.69, 9.17) is 9.47 Å². The molecule has 2 heterocycles. The minimum atomic E-state index is -1.68. The molecule has 1 aliphatic rings. The molecule has 0 unspecified atom stereocenters. The van der Waals surface area contributed by atoms with Gasteiger partial charge in [-0.2, -0.15) is 0 Å². The third kappa shape index (κ3) is 4.27. The second-order valence-electron chi connectivity index (χ2n) is 7.49. The zero-order chi connectivity index (χ0) is 23.7. The van der Waals surface area contributed by atoms with Gasteiger partial charge >= 0.3 is 5.97 Å². The lowest BCUT2D eigenvalue weighted by Gasteiger charge is -2.39. The number of anilines is 1. The van der Waals surface area contributed by atoms with E-state index in [1.165, 1.54) is 18.2 Å². The number of aliphatic hydroxyl groups excluding tert-OH is 4. The summed E-state index contributed by atoms with van der Waals surface area (Å²) in [5.74, 6) is -1.97. The fourth-order valence-corrected chi connectivity index (χ4v) is 3.64. The van der Waals surface area contributed by atoms with Gasteiger partial charge in [0.05, 0.1) is 17.9 Å². The molecular weight excluding hydrogens is 436 g/mol. The molecule has 11 nitrogen and oxygen atoms in total. The lowest BCUT2D eigenvalue weighted by molar-refractivity contribution is -0.277. The van der Waals surface area contributed by atoms with Crippen LogP contribution in [-0.4, -0.2) is 79.7 Å². The molecule has 0 radical (unpaired) electrons. The van der Waals surface area contributed by atoms with Gasteiger partial charge in [-0.15, -0.1) is 0 Å². The molecule has 7 N–H and O–H groups in total. The van der Waals surface area contributed by atoms with Gasteiger partial charge < -0.3 is 45.3 Å². The van der Waals surface area contributed by atoms with E-state index >= 15 is 0 Å². The predicted octanol–water partition coefficient (Wildman–Crippen LogP) is 0.297. The molecule has 174 valence electrons. The van der Waals surface area contributed by atoms with Crippen molar-refractivity contribution in [3.63, 3.8) is 0 Å². The standard InChI is InChI=1S/C22H22N2O9/c25-9-14-16(26)17(27)18(28)22(32-14)33-19-10-5-1-3-7-12(10)23-15(19)20(29)24-13-8-4-2-6-11(13)21(30)31/h1-8,14,16-18,22-23,25-28H,9H2,(H,24,29)(H,30,31)/t14-,16-,17+,18-,22+/m1/s1. The highest BCUT2D eigenvalue weighted by molar-refractivity contribution is 6.11. The summed E-state index contributed by atoms with van der Waals surface area (Å²) in [6.07, 6.45) is -7.62. The average Bonchev–Trinajstić information content (AvgIpc) is 3.18. The number of rotatable bonds is 6. The number of carbonyl (C=O) groups is 2. The fourth-order valence-electron chi connectivity index (χ4n) is 3.64. The number of aromatic amines is 1. The number of aromatic carboxylic acids is 1. The van der Waals surface area contributed by atoms with Crippen LogP contribution in [0.4, 0.5) is 5.69 Å². The summed E-state index contributed by atoms with van der Waals surface area (Å²) in [5, 5.41) is 52.1. The first kappa shape index (κ1) is 22.7. The van der Waals surface area contributed by atoms with Gasteiger partial charge in [-0.25, -0.2) is 4.79 Å². The number of nitrogens with one attached hydrogen (secondary N) is 2. The van der Waals surface area contributed by atoms with Gasteiger partial charge in [0.1, 0.15) is 30.1 Å². The molecule has 0 bridgehead atoms. The Bertz CT molecular complexity index is 1180. The number of aliphatic hydroxyl groups is 4. The number of fused-ring (bicyclic) bond motifs is 1. The number of para-hydroxylation sites is 2. The van der Waals surface area contributed by atoms with Crippen LogP contribution in [0.1, 0.15) is 20.8 Å². The second-order valence-corrected chi connectivity index (χ2v) is 7.49. The van der Waals surface area contributed by atoms with E-state index in [1.807, 2.05) is 0 Å². The smallest absolute Gasteiger partial charge is 0.337 e. The lowest BCUT2D eigenvalue weighted by atomic mass is 9.99. The number of carboxylic acid groups (broad SMARTS) is 1. The zero-order valence-corrected chi connectivity index (χ0v) is 17.1. The molecular formula is C22H22N2O9. The van der Waals surface area contributed by atoms with Crippen LogP contribution in [0.5, 0.6) is 5.75 Å². The van der Waals surface area contributed by atoms with Crippen molar-refractivity contribution >= 4 is 28.5 Å². The third-order valence-electron chi connectivity index (χ3n) is 5.37.